The second-order valence-corrected chi connectivity index (χ2v) is 21.7. The van der Waals surface area contributed by atoms with Crippen molar-refractivity contribution in [1.29, 1.82) is 0 Å². The molecule has 0 aliphatic heterocycles. The van der Waals surface area contributed by atoms with Crippen LogP contribution in [0.2, 0.25) is 0 Å². The maximum Gasteiger partial charge on any atom is 0.220 e. The third kappa shape index (κ3) is 57.4. The molecule has 394 valence electrons. The monoisotopic (exact) mass is 930 g/mol. The fraction of sp³-hybridized carbons (Fsp3) is 0.968. The highest BCUT2D eigenvalue weighted by atomic mass is 16.3. The Morgan fingerprint density at radius 2 is 0.485 bits per heavy atom. The summed E-state index contributed by atoms with van der Waals surface area (Å²) in [6, 6.07) is 0. The summed E-state index contributed by atoms with van der Waals surface area (Å²) in [7, 11) is 0. The van der Waals surface area contributed by atoms with Crippen molar-refractivity contribution in [1.82, 2.24) is 5.32 Å². The van der Waals surface area contributed by atoms with E-state index in [-0.39, 0.29) is 5.91 Å². The highest BCUT2D eigenvalue weighted by Crippen LogP contribution is 2.19. The zero-order chi connectivity index (χ0) is 47.7. The van der Waals surface area contributed by atoms with E-state index < -0.39 is 6.10 Å². The third-order valence-electron chi connectivity index (χ3n) is 14.8. The van der Waals surface area contributed by atoms with Crippen LogP contribution in [0.4, 0.5) is 0 Å². The Kier molecular flexibility index (Phi) is 57.6. The summed E-state index contributed by atoms with van der Waals surface area (Å²) >= 11 is 0. The van der Waals surface area contributed by atoms with E-state index in [0.29, 0.717) is 18.7 Å². The van der Waals surface area contributed by atoms with Crippen molar-refractivity contribution in [3.8, 4) is 0 Å². The zero-order valence-electron chi connectivity index (χ0n) is 45.6. The summed E-state index contributed by atoms with van der Waals surface area (Å²) in [5, 5.41) is 13.3. The number of unbranched alkanes of at least 4 members (excludes halogenated alkanes) is 49. The first kappa shape index (κ1) is 65.1. The number of aliphatic hydroxyl groups excluding tert-OH is 1. The largest absolute Gasteiger partial charge is 0.391 e. The van der Waals surface area contributed by atoms with E-state index in [1.807, 2.05) is 0 Å². The minimum atomic E-state index is -0.390. The average molecular weight is 931 g/mol. The number of hydrogen-bond donors (Lipinski definition) is 2. The third-order valence-corrected chi connectivity index (χ3v) is 14.8. The summed E-state index contributed by atoms with van der Waals surface area (Å²) in [5.41, 5.74) is 0. The van der Waals surface area contributed by atoms with Crippen molar-refractivity contribution in [2.75, 3.05) is 6.54 Å². The summed E-state index contributed by atoms with van der Waals surface area (Å²) < 4.78 is 0. The van der Waals surface area contributed by atoms with Crippen LogP contribution in [0, 0.1) is 0 Å². The van der Waals surface area contributed by atoms with E-state index in [1.165, 1.54) is 302 Å². The minimum absolute atomic E-state index is 0.117. The van der Waals surface area contributed by atoms with Gasteiger partial charge in [-0.15, -0.1) is 0 Å². The molecule has 1 atom stereocenters. The number of rotatable bonds is 59. The van der Waals surface area contributed by atoms with Gasteiger partial charge in [-0.1, -0.05) is 328 Å². The molecule has 1 amide bonds. The molecule has 0 aliphatic carbocycles. The van der Waals surface area contributed by atoms with Gasteiger partial charge in [0.1, 0.15) is 5.78 Å². The summed E-state index contributed by atoms with van der Waals surface area (Å²) in [4.78, 5) is 24.4. The Bertz CT molecular complexity index is 921. The standard InChI is InChI=1S/C62H123NO3/c1-3-5-7-9-11-13-15-16-32-37-41-45-49-53-57-61(65)59-63-62(66)58-54-50-46-42-38-34-31-29-27-25-23-21-19-17-18-20-22-24-26-28-30-33-36-40-44-48-52-56-60(64)55-51-47-43-39-35-14-12-10-8-6-4-2/h61,65H,3-59H2,1-2H3,(H,63,66)/t61-/m0/s1. The molecule has 0 saturated carbocycles. The maximum atomic E-state index is 12.2. The number of Topliss-reactive ketones (excluding diaryl/α,β-unsaturated/α-hetero) is 1. The summed E-state index contributed by atoms with van der Waals surface area (Å²) in [6.07, 6.45) is 73.3. The van der Waals surface area contributed by atoms with Gasteiger partial charge < -0.3 is 10.4 Å². The highest BCUT2D eigenvalue weighted by molar-refractivity contribution is 5.78. The predicted molar refractivity (Wildman–Crippen MR) is 294 cm³/mol. The SMILES string of the molecule is CCCCCCCCCCCCCCCC[C@H](O)CNC(=O)CCCCCCCCCCCCCCCCCCCCCCCCCCCCCC(=O)CCCCCCCCCCCCC. The topological polar surface area (TPSA) is 66.4 Å². The Labute approximate surface area is 416 Å². The fourth-order valence-electron chi connectivity index (χ4n) is 10.1. The molecule has 0 fully saturated rings. The second kappa shape index (κ2) is 58.4. The quantitative estimate of drug-likeness (QED) is 0.0597. The number of nitrogens with one attached hydrogen (secondary N) is 1. The molecular formula is C62H123NO3. The fourth-order valence-corrected chi connectivity index (χ4v) is 10.1. The zero-order valence-corrected chi connectivity index (χ0v) is 45.6. The summed E-state index contributed by atoms with van der Waals surface area (Å²) in [5.74, 6) is 0.638. The van der Waals surface area contributed by atoms with Crippen LogP contribution in [0.5, 0.6) is 0 Å². The van der Waals surface area contributed by atoms with Crippen LogP contribution in [0.15, 0.2) is 0 Å². The van der Waals surface area contributed by atoms with E-state index >= 15 is 0 Å². The first-order chi connectivity index (χ1) is 32.6. The van der Waals surface area contributed by atoms with Gasteiger partial charge in [0.15, 0.2) is 0 Å². The molecule has 4 nitrogen and oxygen atoms in total. The number of amides is 1. The van der Waals surface area contributed by atoms with Gasteiger partial charge in [0, 0.05) is 25.8 Å². The Morgan fingerprint density at radius 1 is 0.288 bits per heavy atom. The first-order valence-electron chi connectivity index (χ1n) is 31.1. The molecule has 0 spiro atoms. The Balaban J connectivity index is 3.22. The van der Waals surface area contributed by atoms with Gasteiger partial charge in [0.2, 0.25) is 5.91 Å². The van der Waals surface area contributed by atoms with Crippen molar-refractivity contribution in [2.24, 2.45) is 0 Å². The van der Waals surface area contributed by atoms with Gasteiger partial charge in [-0.3, -0.25) is 9.59 Å². The molecule has 2 N–H and O–H groups in total. The van der Waals surface area contributed by atoms with Crippen LogP contribution in [0.3, 0.4) is 0 Å². The molecule has 0 heterocycles. The van der Waals surface area contributed by atoms with Crippen LogP contribution in [-0.2, 0) is 9.59 Å². The van der Waals surface area contributed by atoms with E-state index in [4.69, 9.17) is 0 Å². The molecule has 66 heavy (non-hydrogen) atoms. The van der Waals surface area contributed by atoms with Gasteiger partial charge in [-0.2, -0.15) is 0 Å². The minimum Gasteiger partial charge on any atom is -0.391 e. The van der Waals surface area contributed by atoms with Crippen molar-refractivity contribution < 1.29 is 14.7 Å². The second-order valence-electron chi connectivity index (χ2n) is 21.7. The maximum absolute atomic E-state index is 12.2. The lowest BCUT2D eigenvalue weighted by Gasteiger charge is -2.12. The summed E-state index contributed by atoms with van der Waals surface area (Å²) in [6.45, 7) is 5.00. The van der Waals surface area contributed by atoms with Crippen LogP contribution in [0.1, 0.15) is 373 Å². The lowest BCUT2D eigenvalue weighted by atomic mass is 10.0. The van der Waals surface area contributed by atoms with E-state index in [1.54, 1.807) is 0 Å². The molecule has 0 unspecified atom stereocenters. The lowest BCUT2D eigenvalue weighted by molar-refractivity contribution is -0.121. The van der Waals surface area contributed by atoms with Crippen LogP contribution < -0.4 is 5.32 Å². The number of aliphatic hydroxyl groups is 1. The van der Waals surface area contributed by atoms with Gasteiger partial charge in [-0.25, -0.2) is 0 Å². The molecule has 0 aromatic heterocycles. The van der Waals surface area contributed by atoms with Gasteiger partial charge >= 0.3 is 0 Å². The lowest BCUT2D eigenvalue weighted by Crippen LogP contribution is -2.31. The van der Waals surface area contributed by atoms with E-state index in [9.17, 15) is 14.7 Å². The molecule has 0 aromatic carbocycles. The highest BCUT2D eigenvalue weighted by Gasteiger charge is 2.08. The molecule has 0 aliphatic rings. The number of ketones is 1. The molecule has 0 rings (SSSR count). The number of carbonyl (C=O) groups is 2. The molecule has 0 radical (unpaired) electrons. The smallest absolute Gasteiger partial charge is 0.220 e. The number of hydrogen-bond acceptors (Lipinski definition) is 3. The molecule has 4 heteroatoms. The van der Waals surface area contributed by atoms with Crippen LogP contribution >= 0.6 is 0 Å². The van der Waals surface area contributed by atoms with Crippen LogP contribution in [-0.4, -0.2) is 29.4 Å². The van der Waals surface area contributed by atoms with Gasteiger partial charge in [0.05, 0.1) is 6.10 Å². The van der Waals surface area contributed by atoms with Crippen LogP contribution in [0.25, 0.3) is 0 Å². The average Bonchev–Trinajstić information content (AvgIpc) is 3.32. The molecule has 0 bridgehead atoms. The van der Waals surface area contributed by atoms with Crippen molar-refractivity contribution in [2.45, 2.75) is 380 Å². The molecular weight excluding hydrogens is 807 g/mol. The molecule has 0 saturated heterocycles. The Morgan fingerprint density at radius 3 is 0.727 bits per heavy atom. The Hall–Kier alpha value is -0.900. The number of carbonyl (C=O) groups excluding carboxylic acids is 2. The normalized spacial score (nSPS) is 12.0. The van der Waals surface area contributed by atoms with Crippen molar-refractivity contribution in [3.05, 3.63) is 0 Å². The molecule has 0 aromatic rings. The first-order valence-corrected chi connectivity index (χ1v) is 31.1. The predicted octanol–water partition coefficient (Wildman–Crippen LogP) is 20.9. The van der Waals surface area contributed by atoms with Gasteiger partial charge in [0.25, 0.3) is 0 Å². The van der Waals surface area contributed by atoms with Crippen molar-refractivity contribution >= 4 is 11.7 Å². The van der Waals surface area contributed by atoms with Gasteiger partial charge in [-0.05, 0) is 25.7 Å². The van der Waals surface area contributed by atoms with E-state index in [0.717, 1.165) is 51.4 Å². The van der Waals surface area contributed by atoms with E-state index in [2.05, 4.69) is 19.2 Å². The van der Waals surface area contributed by atoms with Crippen molar-refractivity contribution in [3.63, 3.8) is 0 Å².